The zero-order valence-corrected chi connectivity index (χ0v) is 14.7. The Morgan fingerprint density at radius 2 is 2.00 bits per heavy atom. The predicted octanol–water partition coefficient (Wildman–Crippen LogP) is 2.91. The summed E-state index contributed by atoms with van der Waals surface area (Å²) in [4.78, 5) is 15.0. The van der Waals surface area contributed by atoms with Gasteiger partial charge in [-0.15, -0.1) is 0 Å². The number of aryl methyl sites for hydroxylation is 2. The molecule has 5 heteroatoms. The highest BCUT2D eigenvalue weighted by Gasteiger charge is 2.33. The van der Waals surface area contributed by atoms with Crippen LogP contribution in [0.15, 0.2) is 0 Å². The molecule has 0 unspecified atom stereocenters. The van der Waals surface area contributed by atoms with E-state index in [0.29, 0.717) is 38.0 Å². The van der Waals surface area contributed by atoms with Crippen LogP contribution in [0.4, 0.5) is 0 Å². The van der Waals surface area contributed by atoms with Crippen molar-refractivity contribution in [1.82, 2.24) is 14.7 Å². The molecule has 1 aromatic rings. The van der Waals surface area contributed by atoms with Crippen LogP contribution in [0.25, 0.3) is 0 Å². The van der Waals surface area contributed by atoms with Crippen molar-refractivity contribution in [2.75, 3.05) is 19.8 Å². The Morgan fingerprint density at radius 3 is 2.65 bits per heavy atom. The highest BCUT2D eigenvalue weighted by molar-refractivity contribution is 5.77. The number of hydrogen-bond donors (Lipinski definition) is 0. The van der Waals surface area contributed by atoms with Gasteiger partial charge < -0.3 is 9.64 Å². The molecule has 0 bridgehead atoms. The van der Waals surface area contributed by atoms with Gasteiger partial charge in [-0.2, -0.15) is 5.10 Å². The first-order chi connectivity index (χ1) is 11.1. The van der Waals surface area contributed by atoms with Crippen LogP contribution in [0.5, 0.6) is 0 Å². The largest absolute Gasteiger partial charge is 0.377 e. The SMILES string of the molecule is Cc1nn(C)c(C)c1[C@H]1COCCN1C(=O)CC1CCCCC1. The predicted molar refractivity (Wildman–Crippen MR) is 89.1 cm³/mol. The average molecular weight is 319 g/mol. The summed E-state index contributed by atoms with van der Waals surface area (Å²) in [5, 5.41) is 4.52. The van der Waals surface area contributed by atoms with Crippen LogP contribution < -0.4 is 0 Å². The summed E-state index contributed by atoms with van der Waals surface area (Å²) in [5.41, 5.74) is 3.31. The minimum atomic E-state index is 0.0218. The highest BCUT2D eigenvalue weighted by atomic mass is 16.5. The Morgan fingerprint density at radius 1 is 1.26 bits per heavy atom. The summed E-state index contributed by atoms with van der Waals surface area (Å²) in [6.07, 6.45) is 7.03. The third kappa shape index (κ3) is 3.44. The number of aromatic nitrogens is 2. The zero-order chi connectivity index (χ0) is 16.4. The molecule has 3 rings (SSSR count). The number of ether oxygens (including phenoxy) is 1. The van der Waals surface area contributed by atoms with Crippen molar-refractivity contribution >= 4 is 5.91 Å². The molecule has 1 atom stereocenters. The third-order valence-corrected chi connectivity index (χ3v) is 5.54. The van der Waals surface area contributed by atoms with Gasteiger partial charge in [0.2, 0.25) is 5.91 Å². The number of morpholine rings is 1. The molecule has 2 heterocycles. The minimum Gasteiger partial charge on any atom is -0.377 e. The molecule has 128 valence electrons. The van der Waals surface area contributed by atoms with Gasteiger partial charge in [0.25, 0.3) is 0 Å². The van der Waals surface area contributed by atoms with E-state index in [1.54, 1.807) is 0 Å². The molecule has 1 aliphatic carbocycles. The summed E-state index contributed by atoms with van der Waals surface area (Å²) in [6.45, 7) is 6.04. The van der Waals surface area contributed by atoms with Crippen LogP contribution in [0.3, 0.4) is 0 Å². The first kappa shape index (κ1) is 16.5. The Balaban J connectivity index is 1.76. The van der Waals surface area contributed by atoms with Crippen molar-refractivity contribution in [3.05, 3.63) is 17.0 Å². The molecule has 5 nitrogen and oxygen atoms in total. The van der Waals surface area contributed by atoms with Crippen LogP contribution in [-0.4, -0.2) is 40.3 Å². The summed E-state index contributed by atoms with van der Waals surface area (Å²) in [7, 11) is 1.96. The zero-order valence-electron chi connectivity index (χ0n) is 14.7. The monoisotopic (exact) mass is 319 g/mol. The molecule has 0 N–H and O–H groups in total. The maximum absolute atomic E-state index is 12.9. The maximum atomic E-state index is 12.9. The Labute approximate surface area is 139 Å². The lowest BCUT2D eigenvalue weighted by molar-refractivity contribution is -0.141. The van der Waals surface area contributed by atoms with Crippen LogP contribution >= 0.6 is 0 Å². The van der Waals surface area contributed by atoms with Gasteiger partial charge in [-0.25, -0.2) is 0 Å². The topological polar surface area (TPSA) is 47.4 Å². The Hall–Kier alpha value is -1.36. The smallest absolute Gasteiger partial charge is 0.223 e. The van der Waals surface area contributed by atoms with E-state index in [1.165, 1.54) is 37.7 Å². The van der Waals surface area contributed by atoms with Crippen molar-refractivity contribution in [2.24, 2.45) is 13.0 Å². The van der Waals surface area contributed by atoms with Crippen LogP contribution in [0, 0.1) is 19.8 Å². The van der Waals surface area contributed by atoms with Crippen molar-refractivity contribution < 1.29 is 9.53 Å². The first-order valence-corrected chi connectivity index (χ1v) is 8.95. The Kier molecular flexibility index (Phi) is 5.05. The molecular weight excluding hydrogens is 290 g/mol. The molecule has 1 saturated carbocycles. The van der Waals surface area contributed by atoms with Crippen LogP contribution in [-0.2, 0) is 16.6 Å². The molecule has 1 amide bonds. The normalized spacial score (nSPS) is 23.3. The number of rotatable bonds is 3. The molecular formula is C18H29N3O2. The fraction of sp³-hybridized carbons (Fsp3) is 0.778. The van der Waals surface area contributed by atoms with E-state index in [4.69, 9.17) is 4.74 Å². The van der Waals surface area contributed by atoms with E-state index in [-0.39, 0.29) is 6.04 Å². The third-order valence-electron chi connectivity index (χ3n) is 5.54. The number of hydrogen-bond acceptors (Lipinski definition) is 3. The minimum absolute atomic E-state index is 0.0218. The van der Waals surface area contributed by atoms with E-state index in [2.05, 4.69) is 16.9 Å². The Bertz CT molecular complexity index is 561. The average Bonchev–Trinajstić information content (AvgIpc) is 2.81. The van der Waals surface area contributed by atoms with Gasteiger partial charge in [-0.1, -0.05) is 19.3 Å². The lowest BCUT2D eigenvalue weighted by atomic mass is 9.86. The van der Waals surface area contributed by atoms with Gasteiger partial charge in [-0.05, 0) is 32.6 Å². The van der Waals surface area contributed by atoms with Gasteiger partial charge in [-0.3, -0.25) is 9.48 Å². The summed E-state index contributed by atoms with van der Waals surface area (Å²) < 4.78 is 7.60. The van der Waals surface area contributed by atoms with Crippen molar-refractivity contribution in [2.45, 2.75) is 58.4 Å². The molecule has 0 aromatic carbocycles. The van der Waals surface area contributed by atoms with Gasteiger partial charge in [0.15, 0.2) is 0 Å². The lowest BCUT2D eigenvalue weighted by Gasteiger charge is -2.37. The summed E-state index contributed by atoms with van der Waals surface area (Å²) >= 11 is 0. The van der Waals surface area contributed by atoms with Gasteiger partial charge >= 0.3 is 0 Å². The number of carbonyl (C=O) groups excluding carboxylic acids is 1. The molecule has 1 saturated heterocycles. The van der Waals surface area contributed by atoms with E-state index in [0.717, 1.165) is 11.4 Å². The first-order valence-electron chi connectivity index (χ1n) is 8.95. The molecule has 23 heavy (non-hydrogen) atoms. The fourth-order valence-corrected chi connectivity index (χ4v) is 4.17. The van der Waals surface area contributed by atoms with Gasteiger partial charge in [0, 0.05) is 31.3 Å². The molecule has 2 fully saturated rings. The number of carbonyl (C=O) groups is 1. The maximum Gasteiger partial charge on any atom is 0.223 e. The van der Waals surface area contributed by atoms with Gasteiger partial charge in [0.05, 0.1) is 24.9 Å². The van der Waals surface area contributed by atoms with E-state index >= 15 is 0 Å². The van der Waals surface area contributed by atoms with Crippen molar-refractivity contribution in [3.8, 4) is 0 Å². The van der Waals surface area contributed by atoms with Gasteiger partial charge in [0.1, 0.15) is 0 Å². The molecule has 0 spiro atoms. The number of amides is 1. The standard InChI is InChI=1S/C18H29N3O2/c1-13-18(14(2)20(3)19-13)16-12-23-10-9-21(16)17(22)11-15-7-5-4-6-8-15/h15-16H,4-12H2,1-3H3/t16-/m1/s1. The molecule has 0 radical (unpaired) electrons. The molecule has 1 aliphatic heterocycles. The quantitative estimate of drug-likeness (QED) is 0.860. The number of nitrogens with zero attached hydrogens (tertiary/aromatic N) is 3. The van der Waals surface area contributed by atoms with Crippen molar-refractivity contribution in [1.29, 1.82) is 0 Å². The van der Waals surface area contributed by atoms with E-state index in [1.807, 2.05) is 18.7 Å². The summed E-state index contributed by atoms with van der Waals surface area (Å²) in [5.74, 6) is 0.878. The second-order valence-corrected chi connectivity index (χ2v) is 7.09. The van der Waals surface area contributed by atoms with Crippen LogP contribution in [0.1, 0.15) is 61.5 Å². The summed E-state index contributed by atoms with van der Waals surface area (Å²) in [6, 6.07) is 0.0218. The second-order valence-electron chi connectivity index (χ2n) is 7.09. The van der Waals surface area contributed by atoms with Crippen molar-refractivity contribution in [3.63, 3.8) is 0 Å². The van der Waals surface area contributed by atoms with E-state index < -0.39 is 0 Å². The molecule has 1 aromatic heterocycles. The second kappa shape index (κ2) is 7.04. The van der Waals surface area contributed by atoms with Crippen LogP contribution in [0.2, 0.25) is 0 Å². The van der Waals surface area contributed by atoms with E-state index in [9.17, 15) is 4.79 Å². The molecule has 2 aliphatic rings. The fourth-order valence-electron chi connectivity index (χ4n) is 4.17. The highest BCUT2D eigenvalue weighted by Crippen LogP contribution is 2.32. The lowest BCUT2D eigenvalue weighted by Crippen LogP contribution is -2.44.